The van der Waals surface area contributed by atoms with Crippen molar-refractivity contribution in [3.05, 3.63) is 45.9 Å². The molecule has 2 rings (SSSR count). The van der Waals surface area contributed by atoms with E-state index in [1.165, 1.54) is 11.3 Å². The highest BCUT2D eigenvalue weighted by molar-refractivity contribution is 7.09. The van der Waals surface area contributed by atoms with Crippen molar-refractivity contribution in [1.29, 1.82) is 0 Å². The zero-order valence-corrected chi connectivity index (χ0v) is 11.2. The average Bonchev–Trinajstić information content (AvgIpc) is 2.81. The summed E-state index contributed by atoms with van der Waals surface area (Å²) in [5, 5.41) is 4.63. The monoisotopic (exact) mass is 302 g/mol. The van der Waals surface area contributed by atoms with Crippen LogP contribution >= 0.6 is 22.9 Å². The van der Waals surface area contributed by atoms with Crippen LogP contribution in [0.3, 0.4) is 0 Å². The highest BCUT2D eigenvalue weighted by Crippen LogP contribution is 2.17. The van der Waals surface area contributed by atoms with Gasteiger partial charge < -0.3 is 5.32 Å². The molecule has 0 saturated carbocycles. The molecule has 1 amide bonds. The van der Waals surface area contributed by atoms with Gasteiger partial charge >= 0.3 is 0 Å². The first-order valence-electron chi connectivity index (χ1n) is 5.32. The first-order valence-corrected chi connectivity index (χ1v) is 6.74. The van der Waals surface area contributed by atoms with Gasteiger partial charge in [-0.15, -0.1) is 22.9 Å². The summed E-state index contributed by atoms with van der Waals surface area (Å²) in [5.41, 5.74) is 0.505. The number of rotatable bonds is 4. The second-order valence-corrected chi connectivity index (χ2v) is 4.93. The number of halogens is 3. The van der Waals surface area contributed by atoms with Crippen LogP contribution in [0.1, 0.15) is 10.7 Å². The lowest BCUT2D eigenvalue weighted by Gasteiger charge is -2.05. The van der Waals surface area contributed by atoms with Crippen LogP contribution in [0.5, 0.6) is 0 Å². The lowest BCUT2D eigenvalue weighted by molar-refractivity contribution is -0.115. The Morgan fingerprint density at radius 1 is 1.42 bits per heavy atom. The average molecular weight is 303 g/mol. The van der Waals surface area contributed by atoms with Crippen molar-refractivity contribution >= 4 is 34.5 Å². The summed E-state index contributed by atoms with van der Waals surface area (Å²) in [6.07, 6.45) is -0.00247. The van der Waals surface area contributed by atoms with E-state index in [1.54, 1.807) is 5.38 Å². The molecular weight excluding hydrogens is 294 g/mol. The number of alkyl halides is 1. The second-order valence-electron chi connectivity index (χ2n) is 3.72. The third-order valence-electron chi connectivity index (χ3n) is 2.25. The first kappa shape index (κ1) is 13.9. The van der Waals surface area contributed by atoms with Crippen LogP contribution in [-0.2, 0) is 17.1 Å². The minimum atomic E-state index is -0.685. The first-order chi connectivity index (χ1) is 9.08. The molecule has 0 aliphatic rings. The highest BCUT2D eigenvalue weighted by atomic mass is 35.5. The van der Waals surface area contributed by atoms with Crippen LogP contribution in [0.15, 0.2) is 23.6 Å². The lowest BCUT2D eigenvalue weighted by atomic mass is 10.3. The molecule has 0 unspecified atom stereocenters. The minimum Gasteiger partial charge on any atom is -0.323 e. The lowest BCUT2D eigenvalue weighted by Crippen LogP contribution is -2.15. The molecule has 0 atom stereocenters. The zero-order chi connectivity index (χ0) is 13.8. The molecule has 0 spiro atoms. The fraction of sp³-hybridized carbons (Fsp3) is 0.167. The summed E-state index contributed by atoms with van der Waals surface area (Å²) in [6, 6.07) is 2.87. The molecule has 0 aliphatic carbocycles. The van der Waals surface area contributed by atoms with Gasteiger partial charge in [0.05, 0.1) is 23.7 Å². The SMILES string of the molecule is O=C(Cc1nc(CCl)cs1)Nc1cc(F)ccc1F. The van der Waals surface area contributed by atoms with Gasteiger partial charge in [0.2, 0.25) is 5.91 Å². The van der Waals surface area contributed by atoms with Gasteiger partial charge in [-0.05, 0) is 12.1 Å². The Hall–Kier alpha value is -1.53. The summed E-state index contributed by atoms with van der Waals surface area (Å²) in [4.78, 5) is 15.8. The number of thiazole rings is 1. The second kappa shape index (κ2) is 6.08. The van der Waals surface area contributed by atoms with Crippen LogP contribution in [0, 0.1) is 11.6 Å². The van der Waals surface area contributed by atoms with Crippen molar-refractivity contribution in [1.82, 2.24) is 4.98 Å². The van der Waals surface area contributed by atoms with E-state index < -0.39 is 17.5 Å². The van der Waals surface area contributed by atoms with Crippen LogP contribution in [0.2, 0.25) is 0 Å². The molecule has 100 valence electrons. The predicted octanol–water partition coefficient (Wildman–Crippen LogP) is 3.34. The Balaban J connectivity index is 2.03. The number of carbonyl (C=O) groups excluding carboxylic acids is 1. The Kier molecular flexibility index (Phi) is 4.44. The Bertz CT molecular complexity index is 603. The number of hydrogen-bond acceptors (Lipinski definition) is 3. The van der Waals surface area contributed by atoms with Crippen LogP contribution in [0.4, 0.5) is 14.5 Å². The summed E-state index contributed by atoms with van der Waals surface area (Å²) >= 11 is 6.89. The molecular formula is C12H9ClF2N2OS. The third-order valence-corrected chi connectivity index (χ3v) is 3.42. The van der Waals surface area contributed by atoms with Gasteiger partial charge in [0.25, 0.3) is 0 Å². The molecule has 1 aromatic carbocycles. The fourth-order valence-electron chi connectivity index (χ4n) is 1.42. The number of aromatic nitrogens is 1. The Morgan fingerprint density at radius 3 is 2.89 bits per heavy atom. The van der Waals surface area contributed by atoms with Gasteiger partial charge in [-0.3, -0.25) is 4.79 Å². The van der Waals surface area contributed by atoms with Gasteiger partial charge in [0, 0.05) is 11.4 Å². The molecule has 1 heterocycles. The van der Waals surface area contributed by atoms with Gasteiger partial charge in [-0.25, -0.2) is 13.8 Å². The molecule has 1 aromatic heterocycles. The third kappa shape index (κ3) is 3.71. The molecule has 1 N–H and O–H groups in total. The van der Waals surface area contributed by atoms with E-state index in [0.29, 0.717) is 10.7 Å². The van der Waals surface area contributed by atoms with Crippen LogP contribution < -0.4 is 5.32 Å². The van der Waals surface area contributed by atoms with Crippen LogP contribution in [0.25, 0.3) is 0 Å². The molecule has 3 nitrogen and oxygen atoms in total. The van der Waals surface area contributed by atoms with Crippen molar-refractivity contribution in [2.45, 2.75) is 12.3 Å². The smallest absolute Gasteiger partial charge is 0.231 e. The molecule has 0 radical (unpaired) electrons. The summed E-state index contributed by atoms with van der Waals surface area (Å²) < 4.78 is 26.2. The minimum absolute atomic E-state index is 0.00247. The van der Waals surface area contributed by atoms with E-state index >= 15 is 0 Å². The largest absolute Gasteiger partial charge is 0.323 e. The molecule has 0 bridgehead atoms. The molecule has 0 saturated heterocycles. The summed E-state index contributed by atoms with van der Waals surface area (Å²) in [7, 11) is 0. The molecule has 7 heteroatoms. The maximum absolute atomic E-state index is 13.3. The topological polar surface area (TPSA) is 42.0 Å². The molecule has 0 fully saturated rings. The maximum atomic E-state index is 13.3. The number of hydrogen-bond donors (Lipinski definition) is 1. The standard InChI is InChI=1S/C12H9ClF2N2OS/c13-5-8-6-19-12(16-8)4-11(18)17-10-3-7(14)1-2-9(10)15/h1-3,6H,4-5H2,(H,17,18). The number of amides is 1. The highest BCUT2D eigenvalue weighted by Gasteiger charge is 2.11. The summed E-state index contributed by atoms with van der Waals surface area (Å²) in [5.74, 6) is -1.48. The van der Waals surface area contributed by atoms with Crippen molar-refractivity contribution in [2.75, 3.05) is 5.32 Å². The number of benzene rings is 1. The van der Waals surface area contributed by atoms with E-state index in [4.69, 9.17) is 11.6 Å². The Labute approximate surface area is 117 Å². The van der Waals surface area contributed by atoms with E-state index in [1.807, 2.05) is 0 Å². The number of carbonyl (C=O) groups is 1. The van der Waals surface area contributed by atoms with E-state index in [9.17, 15) is 13.6 Å². The maximum Gasteiger partial charge on any atom is 0.231 e. The fourth-order valence-corrected chi connectivity index (χ4v) is 2.44. The van der Waals surface area contributed by atoms with Gasteiger partial charge in [0.15, 0.2) is 0 Å². The van der Waals surface area contributed by atoms with Gasteiger partial charge in [-0.2, -0.15) is 0 Å². The zero-order valence-electron chi connectivity index (χ0n) is 9.62. The number of nitrogens with one attached hydrogen (secondary N) is 1. The summed E-state index contributed by atoms with van der Waals surface area (Å²) in [6.45, 7) is 0. The molecule has 19 heavy (non-hydrogen) atoms. The molecule has 0 aliphatic heterocycles. The van der Waals surface area contributed by atoms with E-state index in [0.717, 1.165) is 18.2 Å². The normalized spacial score (nSPS) is 10.5. The van der Waals surface area contributed by atoms with Gasteiger partial charge in [0.1, 0.15) is 16.6 Å². The van der Waals surface area contributed by atoms with Crippen molar-refractivity contribution in [3.63, 3.8) is 0 Å². The predicted molar refractivity (Wildman–Crippen MR) is 70.4 cm³/mol. The van der Waals surface area contributed by atoms with Crippen LogP contribution in [-0.4, -0.2) is 10.9 Å². The Morgan fingerprint density at radius 2 is 2.21 bits per heavy atom. The van der Waals surface area contributed by atoms with E-state index in [2.05, 4.69) is 10.3 Å². The molecule has 2 aromatic rings. The van der Waals surface area contributed by atoms with Crippen molar-refractivity contribution in [2.24, 2.45) is 0 Å². The van der Waals surface area contributed by atoms with Crippen molar-refractivity contribution < 1.29 is 13.6 Å². The number of anilines is 1. The quantitative estimate of drug-likeness (QED) is 0.880. The number of nitrogens with zero attached hydrogens (tertiary/aromatic N) is 1. The van der Waals surface area contributed by atoms with E-state index in [-0.39, 0.29) is 18.0 Å². The van der Waals surface area contributed by atoms with Gasteiger partial charge in [-0.1, -0.05) is 0 Å². The van der Waals surface area contributed by atoms with Crippen molar-refractivity contribution in [3.8, 4) is 0 Å².